The molecule has 2 aromatic carbocycles. The molecule has 2 aromatic rings. The molecule has 0 saturated carbocycles. The predicted molar refractivity (Wildman–Crippen MR) is 92.6 cm³/mol. The number of amides is 1. The molecule has 120 valence electrons. The molecule has 0 atom stereocenters. The number of carbonyl (C=O) groups excluding carboxylic acids is 2. The highest BCUT2D eigenvalue weighted by Crippen LogP contribution is 2.11. The van der Waals surface area contributed by atoms with Crippen LogP contribution in [0, 0.1) is 0 Å². The van der Waals surface area contributed by atoms with Crippen molar-refractivity contribution in [3.8, 4) is 0 Å². The standard InChI is InChI=1S/C17H15BrClNO3/c18-14-6-4-13(5-7-14)17(22)23-11-16(21)20-9-8-12-2-1-3-15(19)10-12/h1-7,10H,8-9,11H2,(H,20,21). The lowest BCUT2D eigenvalue weighted by molar-refractivity contribution is -0.124. The third-order valence-corrected chi connectivity index (χ3v) is 3.80. The Balaban J connectivity index is 1.70. The average Bonchev–Trinajstić information content (AvgIpc) is 2.53. The van der Waals surface area contributed by atoms with E-state index in [1.54, 1.807) is 30.3 Å². The van der Waals surface area contributed by atoms with Gasteiger partial charge in [0.1, 0.15) is 0 Å². The third-order valence-electron chi connectivity index (χ3n) is 3.04. The molecular formula is C17H15BrClNO3. The second-order valence-corrected chi connectivity index (χ2v) is 6.17. The summed E-state index contributed by atoms with van der Waals surface area (Å²) >= 11 is 9.18. The molecule has 1 amide bonds. The average molecular weight is 397 g/mol. The maximum absolute atomic E-state index is 11.8. The van der Waals surface area contributed by atoms with Crippen LogP contribution in [-0.4, -0.2) is 25.0 Å². The van der Waals surface area contributed by atoms with Crippen LogP contribution in [0.15, 0.2) is 53.0 Å². The highest BCUT2D eigenvalue weighted by atomic mass is 79.9. The second-order valence-electron chi connectivity index (χ2n) is 4.81. The molecule has 1 N–H and O–H groups in total. The lowest BCUT2D eigenvalue weighted by atomic mass is 10.1. The molecule has 0 fully saturated rings. The van der Waals surface area contributed by atoms with Crippen LogP contribution in [-0.2, 0) is 16.0 Å². The molecule has 0 heterocycles. The van der Waals surface area contributed by atoms with Gasteiger partial charge in [-0.15, -0.1) is 0 Å². The number of hydrogen-bond acceptors (Lipinski definition) is 3. The summed E-state index contributed by atoms with van der Waals surface area (Å²) in [7, 11) is 0. The molecule has 0 aliphatic carbocycles. The van der Waals surface area contributed by atoms with Gasteiger partial charge in [0.25, 0.3) is 5.91 Å². The minimum absolute atomic E-state index is 0.301. The number of hydrogen-bond donors (Lipinski definition) is 1. The summed E-state index contributed by atoms with van der Waals surface area (Å²) < 4.78 is 5.83. The van der Waals surface area contributed by atoms with E-state index < -0.39 is 5.97 Å². The summed E-state index contributed by atoms with van der Waals surface area (Å²) in [5.41, 5.74) is 1.43. The fourth-order valence-corrected chi connectivity index (χ4v) is 2.37. The maximum Gasteiger partial charge on any atom is 0.338 e. The number of rotatable bonds is 6. The largest absolute Gasteiger partial charge is 0.452 e. The fraction of sp³-hybridized carbons (Fsp3) is 0.176. The van der Waals surface area contributed by atoms with Gasteiger partial charge in [-0.1, -0.05) is 39.7 Å². The number of benzene rings is 2. The quantitative estimate of drug-likeness (QED) is 0.759. The minimum Gasteiger partial charge on any atom is -0.452 e. The van der Waals surface area contributed by atoms with Crippen LogP contribution in [0.3, 0.4) is 0 Å². The van der Waals surface area contributed by atoms with Gasteiger partial charge in [-0.25, -0.2) is 4.79 Å². The Morgan fingerprint density at radius 3 is 2.57 bits per heavy atom. The topological polar surface area (TPSA) is 55.4 Å². The van der Waals surface area contributed by atoms with Crippen LogP contribution in [0.25, 0.3) is 0 Å². The highest BCUT2D eigenvalue weighted by Gasteiger charge is 2.09. The first-order valence-corrected chi connectivity index (χ1v) is 8.15. The Morgan fingerprint density at radius 1 is 1.13 bits per heavy atom. The predicted octanol–water partition coefficient (Wildman–Crippen LogP) is 3.62. The van der Waals surface area contributed by atoms with E-state index in [-0.39, 0.29) is 12.5 Å². The molecule has 0 aromatic heterocycles. The van der Waals surface area contributed by atoms with Crippen LogP contribution in [0.5, 0.6) is 0 Å². The Kier molecular flexibility index (Phi) is 6.62. The second kappa shape index (κ2) is 8.70. The van der Waals surface area contributed by atoms with E-state index in [4.69, 9.17) is 16.3 Å². The van der Waals surface area contributed by atoms with Crippen molar-refractivity contribution in [2.45, 2.75) is 6.42 Å². The van der Waals surface area contributed by atoms with E-state index in [9.17, 15) is 9.59 Å². The van der Waals surface area contributed by atoms with Crippen LogP contribution in [0.4, 0.5) is 0 Å². The molecule has 4 nitrogen and oxygen atoms in total. The summed E-state index contributed by atoms with van der Waals surface area (Å²) in [5.74, 6) is -0.861. The van der Waals surface area contributed by atoms with Gasteiger partial charge in [0.2, 0.25) is 0 Å². The van der Waals surface area contributed by atoms with E-state index >= 15 is 0 Å². The lowest BCUT2D eigenvalue weighted by Crippen LogP contribution is -2.30. The Morgan fingerprint density at radius 2 is 1.87 bits per heavy atom. The van der Waals surface area contributed by atoms with E-state index in [1.807, 2.05) is 18.2 Å². The van der Waals surface area contributed by atoms with Crippen molar-refractivity contribution in [2.24, 2.45) is 0 Å². The van der Waals surface area contributed by atoms with Gasteiger partial charge in [0, 0.05) is 16.0 Å². The molecular weight excluding hydrogens is 382 g/mol. The van der Waals surface area contributed by atoms with E-state index in [1.165, 1.54) is 0 Å². The fourth-order valence-electron chi connectivity index (χ4n) is 1.89. The van der Waals surface area contributed by atoms with Gasteiger partial charge in [0.05, 0.1) is 5.56 Å². The van der Waals surface area contributed by atoms with Gasteiger partial charge in [-0.05, 0) is 48.4 Å². The van der Waals surface area contributed by atoms with Crippen LogP contribution < -0.4 is 5.32 Å². The van der Waals surface area contributed by atoms with Crippen molar-refractivity contribution in [1.82, 2.24) is 5.32 Å². The van der Waals surface area contributed by atoms with Crippen molar-refractivity contribution in [3.63, 3.8) is 0 Å². The Bertz CT molecular complexity index is 688. The number of carbonyl (C=O) groups is 2. The van der Waals surface area contributed by atoms with Gasteiger partial charge in [-0.2, -0.15) is 0 Å². The molecule has 0 radical (unpaired) electrons. The summed E-state index contributed by atoms with van der Waals surface area (Å²) in [6.45, 7) is 0.152. The summed E-state index contributed by atoms with van der Waals surface area (Å²) in [6.07, 6.45) is 0.660. The lowest BCUT2D eigenvalue weighted by Gasteiger charge is -2.07. The van der Waals surface area contributed by atoms with E-state index in [0.29, 0.717) is 23.6 Å². The first kappa shape index (κ1) is 17.5. The first-order chi connectivity index (χ1) is 11.0. The normalized spacial score (nSPS) is 10.2. The van der Waals surface area contributed by atoms with Crippen molar-refractivity contribution in [2.75, 3.05) is 13.2 Å². The Hall–Kier alpha value is -1.85. The van der Waals surface area contributed by atoms with Crippen molar-refractivity contribution in [1.29, 1.82) is 0 Å². The van der Waals surface area contributed by atoms with Crippen molar-refractivity contribution >= 4 is 39.4 Å². The summed E-state index contributed by atoms with van der Waals surface area (Å²) in [6, 6.07) is 14.2. The monoisotopic (exact) mass is 395 g/mol. The zero-order valence-corrected chi connectivity index (χ0v) is 14.6. The first-order valence-electron chi connectivity index (χ1n) is 6.98. The van der Waals surface area contributed by atoms with Crippen LogP contribution >= 0.6 is 27.5 Å². The van der Waals surface area contributed by atoms with Gasteiger partial charge in [-0.3, -0.25) is 4.79 Å². The SMILES string of the molecule is O=C(COC(=O)c1ccc(Br)cc1)NCCc1cccc(Cl)c1. The molecule has 0 aliphatic rings. The van der Waals surface area contributed by atoms with Crippen LogP contribution in [0.1, 0.15) is 15.9 Å². The molecule has 0 aliphatic heterocycles. The molecule has 0 unspecified atom stereocenters. The zero-order chi connectivity index (χ0) is 16.7. The molecule has 0 spiro atoms. The third kappa shape index (κ3) is 6.04. The number of ether oxygens (including phenoxy) is 1. The Labute approximate surface area is 147 Å². The smallest absolute Gasteiger partial charge is 0.338 e. The molecule has 0 bridgehead atoms. The number of nitrogens with one attached hydrogen (secondary N) is 1. The molecule has 2 rings (SSSR count). The van der Waals surface area contributed by atoms with Crippen LogP contribution in [0.2, 0.25) is 5.02 Å². The molecule has 6 heteroatoms. The highest BCUT2D eigenvalue weighted by molar-refractivity contribution is 9.10. The number of esters is 1. The number of halogens is 2. The van der Waals surface area contributed by atoms with Crippen molar-refractivity contribution in [3.05, 3.63) is 69.2 Å². The minimum atomic E-state index is -0.525. The summed E-state index contributed by atoms with van der Waals surface area (Å²) in [5, 5.41) is 3.36. The van der Waals surface area contributed by atoms with E-state index in [2.05, 4.69) is 21.2 Å². The molecule has 0 saturated heterocycles. The van der Waals surface area contributed by atoms with Crippen molar-refractivity contribution < 1.29 is 14.3 Å². The summed E-state index contributed by atoms with van der Waals surface area (Å²) in [4.78, 5) is 23.4. The molecule has 23 heavy (non-hydrogen) atoms. The zero-order valence-electron chi connectivity index (χ0n) is 12.2. The van der Waals surface area contributed by atoms with Gasteiger partial charge >= 0.3 is 5.97 Å². The van der Waals surface area contributed by atoms with E-state index in [0.717, 1.165) is 10.0 Å². The van der Waals surface area contributed by atoms with Gasteiger partial charge < -0.3 is 10.1 Å². The van der Waals surface area contributed by atoms with Gasteiger partial charge in [0.15, 0.2) is 6.61 Å². The maximum atomic E-state index is 11.8.